The molecule has 0 spiro atoms. The van der Waals surface area contributed by atoms with Crippen molar-refractivity contribution in [2.45, 2.75) is 6.04 Å². The number of anilines is 2. The maximum Gasteiger partial charge on any atom is 0.261 e. The van der Waals surface area contributed by atoms with Crippen LogP contribution in [0.4, 0.5) is 11.5 Å². The summed E-state index contributed by atoms with van der Waals surface area (Å²) in [6.45, 7) is 0. The quantitative estimate of drug-likeness (QED) is 0.285. The molecule has 0 radical (unpaired) electrons. The number of rotatable bonds is 8. The molecule has 5 rings (SSSR count). The lowest BCUT2D eigenvalue weighted by atomic mass is 10.00. The number of aromatic nitrogens is 2. The van der Waals surface area contributed by atoms with Crippen LogP contribution in [0.1, 0.15) is 27.5 Å². The van der Waals surface area contributed by atoms with Crippen LogP contribution < -0.4 is 29.6 Å². The molecule has 39 heavy (non-hydrogen) atoms. The molecule has 2 heterocycles. The number of nitrogens with one attached hydrogen (secondary N) is 2. The number of carbonyl (C=O) groups is 1. The van der Waals surface area contributed by atoms with Crippen LogP contribution in [0.5, 0.6) is 23.0 Å². The molecule has 0 bridgehead atoms. The van der Waals surface area contributed by atoms with Gasteiger partial charge in [-0.2, -0.15) is 5.10 Å². The lowest BCUT2D eigenvalue weighted by Gasteiger charge is -2.27. The molecule has 0 unspecified atom stereocenters. The molecule has 1 amide bonds. The minimum absolute atomic E-state index is 0.314. The molecule has 9 nitrogen and oxygen atoms in total. The van der Waals surface area contributed by atoms with Gasteiger partial charge in [0.2, 0.25) is 5.75 Å². The van der Waals surface area contributed by atoms with E-state index in [9.17, 15) is 4.79 Å². The van der Waals surface area contributed by atoms with Crippen LogP contribution in [0.25, 0.3) is 5.70 Å². The van der Waals surface area contributed by atoms with Crippen LogP contribution in [-0.4, -0.2) is 44.1 Å². The first-order chi connectivity index (χ1) is 18.9. The first-order valence-corrected chi connectivity index (χ1v) is 12.4. The number of amides is 1. The Morgan fingerprint density at radius 1 is 0.923 bits per heavy atom. The number of carbonyl (C=O) groups excluding carboxylic acids is 1. The third-order valence-corrected chi connectivity index (χ3v) is 6.66. The molecule has 200 valence electrons. The highest BCUT2D eigenvalue weighted by molar-refractivity contribution is 6.30. The van der Waals surface area contributed by atoms with Crippen molar-refractivity contribution in [2.24, 2.45) is 0 Å². The summed E-state index contributed by atoms with van der Waals surface area (Å²) in [4.78, 5) is 13.4. The number of hydrogen-bond acceptors (Lipinski definition) is 7. The van der Waals surface area contributed by atoms with Gasteiger partial charge in [0, 0.05) is 16.4 Å². The zero-order valence-corrected chi connectivity index (χ0v) is 22.6. The molecule has 1 atom stereocenters. The Morgan fingerprint density at radius 3 is 2.18 bits per heavy atom. The fraction of sp³-hybridized carbons (Fsp3) is 0.172. The van der Waals surface area contributed by atoms with Crippen molar-refractivity contribution >= 4 is 34.7 Å². The maximum absolute atomic E-state index is 13.4. The average Bonchev–Trinajstić information content (AvgIpc) is 3.41. The van der Waals surface area contributed by atoms with Crippen molar-refractivity contribution in [1.82, 2.24) is 9.78 Å². The summed E-state index contributed by atoms with van der Waals surface area (Å²) in [6.07, 6.45) is 3.58. The van der Waals surface area contributed by atoms with Gasteiger partial charge in [0.1, 0.15) is 17.1 Å². The number of halogens is 1. The molecule has 3 aromatic carbocycles. The number of nitrogens with zero attached hydrogens (tertiary/aromatic N) is 2. The summed E-state index contributed by atoms with van der Waals surface area (Å²) in [7, 11) is 6.32. The molecule has 10 heteroatoms. The standard InChI is InChI=1S/C29H27ClN4O5/c1-36-21-11-5-17(6-12-21)23-15-24(18-13-25(37-2)27(39-4)26(14-18)38-3)34-28(33-23)22(16-31-34)29(35)32-20-9-7-19(30)8-10-20/h5-16,24,33H,1-4H3,(H,32,35)/t24-/m1/s1. The van der Waals surface area contributed by atoms with Gasteiger partial charge < -0.3 is 29.6 Å². The molecule has 0 saturated heterocycles. The van der Waals surface area contributed by atoms with Crippen molar-refractivity contribution in [1.29, 1.82) is 0 Å². The van der Waals surface area contributed by atoms with Gasteiger partial charge in [-0.1, -0.05) is 11.6 Å². The molecule has 0 saturated carbocycles. The molecule has 2 N–H and O–H groups in total. The Bertz CT molecular complexity index is 1510. The predicted molar refractivity (Wildman–Crippen MR) is 150 cm³/mol. The van der Waals surface area contributed by atoms with Gasteiger partial charge in [-0.15, -0.1) is 0 Å². The van der Waals surface area contributed by atoms with E-state index in [1.807, 2.05) is 42.5 Å². The first-order valence-electron chi connectivity index (χ1n) is 12.0. The molecule has 1 aliphatic heterocycles. The minimum atomic E-state index is -0.399. The van der Waals surface area contributed by atoms with Gasteiger partial charge >= 0.3 is 0 Å². The minimum Gasteiger partial charge on any atom is -0.497 e. The number of hydrogen-bond donors (Lipinski definition) is 2. The zero-order valence-electron chi connectivity index (χ0n) is 21.8. The van der Waals surface area contributed by atoms with Crippen LogP contribution in [0, 0.1) is 0 Å². The summed E-state index contributed by atoms with van der Waals surface area (Å²) in [5, 5.41) is 11.5. The van der Waals surface area contributed by atoms with E-state index in [0.717, 1.165) is 22.6 Å². The van der Waals surface area contributed by atoms with Crippen molar-refractivity contribution in [3.05, 3.63) is 94.6 Å². The van der Waals surface area contributed by atoms with Crippen molar-refractivity contribution < 1.29 is 23.7 Å². The van der Waals surface area contributed by atoms with Gasteiger partial charge in [-0.25, -0.2) is 4.68 Å². The monoisotopic (exact) mass is 546 g/mol. The first kappa shape index (κ1) is 26.0. The van der Waals surface area contributed by atoms with Crippen LogP contribution in [-0.2, 0) is 0 Å². The Morgan fingerprint density at radius 2 is 1.59 bits per heavy atom. The smallest absolute Gasteiger partial charge is 0.261 e. The third kappa shape index (κ3) is 5.08. The summed E-state index contributed by atoms with van der Waals surface area (Å²) in [5.41, 5.74) is 3.52. The number of allylic oxidation sites excluding steroid dienone is 1. The van der Waals surface area contributed by atoms with Gasteiger partial charge in [-0.3, -0.25) is 4.79 Å². The Hall–Kier alpha value is -4.63. The van der Waals surface area contributed by atoms with E-state index in [1.54, 1.807) is 63.6 Å². The van der Waals surface area contributed by atoms with Crippen LogP contribution in [0.2, 0.25) is 5.02 Å². The van der Waals surface area contributed by atoms with Gasteiger partial charge in [0.15, 0.2) is 11.5 Å². The Labute approximate surface area is 230 Å². The largest absolute Gasteiger partial charge is 0.497 e. The predicted octanol–water partition coefficient (Wildman–Crippen LogP) is 5.88. The van der Waals surface area contributed by atoms with Crippen LogP contribution in [0.3, 0.4) is 0 Å². The Kier molecular flexibility index (Phi) is 7.33. The van der Waals surface area contributed by atoms with Gasteiger partial charge in [0.25, 0.3) is 5.91 Å². The highest BCUT2D eigenvalue weighted by atomic mass is 35.5. The topological polar surface area (TPSA) is 95.9 Å². The molecular formula is C29H27ClN4O5. The second-order valence-corrected chi connectivity index (χ2v) is 9.09. The second kappa shape index (κ2) is 11.0. The summed E-state index contributed by atoms with van der Waals surface area (Å²) < 4.78 is 23.8. The molecular weight excluding hydrogens is 520 g/mol. The van der Waals surface area contributed by atoms with Crippen LogP contribution in [0.15, 0.2) is 72.9 Å². The van der Waals surface area contributed by atoms with E-state index in [0.29, 0.717) is 39.3 Å². The molecule has 1 aromatic heterocycles. The lowest BCUT2D eigenvalue weighted by Crippen LogP contribution is -2.22. The summed E-state index contributed by atoms with van der Waals surface area (Å²) >= 11 is 6.00. The van der Waals surface area contributed by atoms with Crippen molar-refractivity contribution in [3.63, 3.8) is 0 Å². The second-order valence-electron chi connectivity index (χ2n) is 8.65. The molecule has 0 fully saturated rings. The highest BCUT2D eigenvalue weighted by Gasteiger charge is 2.29. The van der Waals surface area contributed by atoms with Crippen molar-refractivity contribution in [3.8, 4) is 23.0 Å². The number of fused-ring (bicyclic) bond motifs is 1. The average molecular weight is 547 g/mol. The van der Waals surface area contributed by atoms with E-state index < -0.39 is 6.04 Å². The normalized spacial score (nSPS) is 14.0. The molecule has 1 aliphatic rings. The van der Waals surface area contributed by atoms with E-state index in [2.05, 4.69) is 15.7 Å². The number of methoxy groups -OCH3 is 4. The highest BCUT2D eigenvalue weighted by Crippen LogP contribution is 2.43. The maximum atomic E-state index is 13.4. The number of ether oxygens (including phenoxy) is 4. The zero-order chi connectivity index (χ0) is 27.5. The fourth-order valence-electron chi connectivity index (χ4n) is 4.44. The fourth-order valence-corrected chi connectivity index (χ4v) is 4.57. The lowest BCUT2D eigenvalue weighted by molar-refractivity contribution is 0.102. The van der Waals surface area contributed by atoms with E-state index in [-0.39, 0.29) is 5.91 Å². The van der Waals surface area contributed by atoms with E-state index in [4.69, 9.17) is 30.5 Å². The Balaban J connectivity index is 1.60. The molecule has 0 aliphatic carbocycles. The van der Waals surface area contributed by atoms with E-state index >= 15 is 0 Å². The number of benzene rings is 3. The summed E-state index contributed by atoms with van der Waals surface area (Å²) in [5.74, 6) is 2.47. The molecule has 4 aromatic rings. The van der Waals surface area contributed by atoms with Crippen molar-refractivity contribution in [2.75, 3.05) is 39.1 Å². The third-order valence-electron chi connectivity index (χ3n) is 6.41. The van der Waals surface area contributed by atoms with Gasteiger partial charge in [0.05, 0.1) is 40.7 Å². The SMILES string of the molecule is COc1ccc(C2=C[C@H](c3cc(OC)c(OC)c(OC)c3)n3ncc(C(=O)Nc4ccc(Cl)cc4)c3N2)cc1. The van der Waals surface area contributed by atoms with Gasteiger partial charge in [-0.05, 0) is 77.9 Å². The van der Waals surface area contributed by atoms with Crippen LogP contribution >= 0.6 is 11.6 Å². The summed E-state index contributed by atoms with van der Waals surface area (Å²) in [6, 6.07) is 17.9. The van der Waals surface area contributed by atoms with E-state index in [1.165, 1.54) is 0 Å².